The van der Waals surface area contributed by atoms with Crippen LogP contribution in [0.3, 0.4) is 0 Å². The molecule has 3 heteroatoms. The molecule has 0 unspecified atom stereocenters. The summed E-state index contributed by atoms with van der Waals surface area (Å²) in [7, 11) is 1.72. The van der Waals surface area contributed by atoms with Crippen molar-refractivity contribution in [3.63, 3.8) is 0 Å². The minimum atomic E-state index is 0.758. The molecule has 0 aliphatic rings. The van der Waals surface area contributed by atoms with Crippen LogP contribution in [0.1, 0.15) is 23.1 Å². The molecule has 0 atom stereocenters. The summed E-state index contributed by atoms with van der Waals surface area (Å²) in [5.74, 6) is 0.974. The Morgan fingerprint density at radius 3 is 2.59 bits per heavy atom. The van der Waals surface area contributed by atoms with Gasteiger partial charge in [0.1, 0.15) is 5.75 Å². The molecule has 17 heavy (non-hydrogen) atoms. The lowest BCUT2D eigenvalue weighted by Crippen LogP contribution is -2.21. The third-order valence-corrected chi connectivity index (χ3v) is 2.98. The predicted octanol–water partition coefficient (Wildman–Crippen LogP) is 1.79. The van der Waals surface area contributed by atoms with Gasteiger partial charge in [0.05, 0.1) is 7.11 Å². The standard InChI is InChI=1S/C14H24N2O/c1-11-10-14(17-3)12(2)9-13(11)5-8-16-7-4-6-15/h9-10,16H,4-8,15H2,1-3H3. The molecule has 1 rings (SSSR count). The van der Waals surface area contributed by atoms with Crippen LogP contribution in [-0.4, -0.2) is 26.7 Å². The van der Waals surface area contributed by atoms with Gasteiger partial charge >= 0.3 is 0 Å². The summed E-state index contributed by atoms with van der Waals surface area (Å²) < 4.78 is 5.31. The minimum absolute atomic E-state index is 0.758. The van der Waals surface area contributed by atoms with E-state index in [0.29, 0.717) is 0 Å². The molecule has 0 heterocycles. The number of rotatable bonds is 7. The van der Waals surface area contributed by atoms with Crippen molar-refractivity contribution in [2.45, 2.75) is 26.7 Å². The summed E-state index contributed by atoms with van der Waals surface area (Å²) in [5, 5.41) is 3.40. The van der Waals surface area contributed by atoms with Gasteiger partial charge in [0.25, 0.3) is 0 Å². The zero-order valence-electron chi connectivity index (χ0n) is 11.2. The fourth-order valence-corrected chi connectivity index (χ4v) is 1.91. The van der Waals surface area contributed by atoms with Crippen molar-refractivity contribution in [3.8, 4) is 5.75 Å². The Hall–Kier alpha value is -1.06. The van der Waals surface area contributed by atoms with Gasteiger partial charge in [-0.25, -0.2) is 0 Å². The van der Waals surface area contributed by atoms with Gasteiger partial charge < -0.3 is 15.8 Å². The first-order valence-electron chi connectivity index (χ1n) is 6.24. The summed E-state index contributed by atoms with van der Waals surface area (Å²) in [6, 6.07) is 4.34. The number of hydrogen-bond acceptors (Lipinski definition) is 3. The molecule has 3 N–H and O–H groups in total. The summed E-state index contributed by atoms with van der Waals surface area (Å²) in [5.41, 5.74) is 9.34. The molecule has 0 fully saturated rings. The molecular weight excluding hydrogens is 212 g/mol. The van der Waals surface area contributed by atoms with Crippen LogP contribution in [-0.2, 0) is 6.42 Å². The van der Waals surface area contributed by atoms with Gasteiger partial charge in [-0.05, 0) is 69.1 Å². The molecule has 0 saturated heterocycles. The van der Waals surface area contributed by atoms with Crippen LogP contribution in [0.15, 0.2) is 12.1 Å². The van der Waals surface area contributed by atoms with Crippen molar-refractivity contribution < 1.29 is 4.74 Å². The summed E-state index contributed by atoms with van der Waals surface area (Å²) in [4.78, 5) is 0. The van der Waals surface area contributed by atoms with E-state index in [1.54, 1.807) is 7.11 Å². The Labute approximate surface area is 104 Å². The Bertz CT molecular complexity index is 350. The van der Waals surface area contributed by atoms with E-state index in [1.165, 1.54) is 16.7 Å². The maximum absolute atomic E-state index is 5.44. The van der Waals surface area contributed by atoms with Crippen molar-refractivity contribution in [2.24, 2.45) is 5.73 Å². The average Bonchev–Trinajstić information content (AvgIpc) is 2.32. The number of nitrogens with two attached hydrogens (primary N) is 1. The van der Waals surface area contributed by atoms with E-state index in [4.69, 9.17) is 10.5 Å². The highest BCUT2D eigenvalue weighted by Gasteiger charge is 2.04. The molecule has 1 aromatic carbocycles. The van der Waals surface area contributed by atoms with Crippen LogP contribution in [0.5, 0.6) is 5.75 Å². The molecule has 96 valence electrons. The van der Waals surface area contributed by atoms with Crippen LogP contribution in [0.25, 0.3) is 0 Å². The highest BCUT2D eigenvalue weighted by atomic mass is 16.5. The first-order valence-corrected chi connectivity index (χ1v) is 6.24. The molecule has 3 nitrogen and oxygen atoms in total. The molecule has 0 spiro atoms. The zero-order chi connectivity index (χ0) is 12.7. The minimum Gasteiger partial charge on any atom is -0.496 e. The molecule has 1 aromatic rings. The fourth-order valence-electron chi connectivity index (χ4n) is 1.91. The van der Waals surface area contributed by atoms with E-state index >= 15 is 0 Å². The normalized spacial score (nSPS) is 10.6. The van der Waals surface area contributed by atoms with Gasteiger partial charge in [-0.2, -0.15) is 0 Å². The lowest BCUT2D eigenvalue weighted by atomic mass is 10.0. The van der Waals surface area contributed by atoms with Crippen molar-refractivity contribution in [3.05, 3.63) is 28.8 Å². The van der Waals surface area contributed by atoms with Gasteiger partial charge in [0.15, 0.2) is 0 Å². The molecule has 0 saturated carbocycles. The van der Waals surface area contributed by atoms with E-state index in [9.17, 15) is 0 Å². The number of benzene rings is 1. The monoisotopic (exact) mass is 236 g/mol. The smallest absolute Gasteiger partial charge is 0.122 e. The van der Waals surface area contributed by atoms with E-state index in [2.05, 4.69) is 31.3 Å². The SMILES string of the molecule is COc1cc(C)c(CCNCCCN)cc1C. The number of aryl methyl sites for hydroxylation is 2. The highest BCUT2D eigenvalue weighted by Crippen LogP contribution is 2.22. The van der Waals surface area contributed by atoms with Crippen LogP contribution in [0, 0.1) is 13.8 Å². The maximum atomic E-state index is 5.44. The van der Waals surface area contributed by atoms with Crippen molar-refractivity contribution in [1.82, 2.24) is 5.32 Å². The summed E-state index contributed by atoms with van der Waals surface area (Å²) in [6.07, 6.45) is 2.10. The van der Waals surface area contributed by atoms with Crippen molar-refractivity contribution in [1.29, 1.82) is 0 Å². The van der Waals surface area contributed by atoms with Gasteiger partial charge in [-0.1, -0.05) is 6.07 Å². The van der Waals surface area contributed by atoms with Gasteiger partial charge in [0.2, 0.25) is 0 Å². The summed E-state index contributed by atoms with van der Waals surface area (Å²) >= 11 is 0. The lowest BCUT2D eigenvalue weighted by molar-refractivity contribution is 0.411. The van der Waals surface area contributed by atoms with Crippen LogP contribution in [0.4, 0.5) is 0 Å². The molecule has 0 aliphatic carbocycles. The third-order valence-electron chi connectivity index (χ3n) is 2.98. The molecule has 0 amide bonds. The van der Waals surface area contributed by atoms with Crippen LogP contribution < -0.4 is 15.8 Å². The Morgan fingerprint density at radius 2 is 1.94 bits per heavy atom. The van der Waals surface area contributed by atoms with Crippen LogP contribution >= 0.6 is 0 Å². The quantitative estimate of drug-likeness (QED) is 0.710. The fraction of sp³-hybridized carbons (Fsp3) is 0.571. The second kappa shape index (κ2) is 7.30. The second-order valence-corrected chi connectivity index (χ2v) is 4.39. The van der Waals surface area contributed by atoms with E-state index < -0.39 is 0 Å². The second-order valence-electron chi connectivity index (χ2n) is 4.39. The Kier molecular flexibility index (Phi) is 6.01. The Balaban J connectivity index is 2.51. The third kappa shape index (κ3) is 4.36. The molecule has 0 aromatic heterocycles. The highest BCUT2D eigenvalue weighted by molar-refractivity contribution is 5.41. The van der Waals surface area contributed by atoms with Crippen LogP contribution in [0.2, 0.25) is 0 Å². The number of ether oxygens (including phenoxy) is 1. The molecule has 0 radical (unpaired) electrons. The van der Waals surface area contributed by atoms with Gasteiger partial charge in [-0.3, -0.25) is 0 Å². The van der Waals surface area contributed by atoms with Gasteiger partial charge in [-0.15, -0.1) is 0 Å². The van der Waals surface area contributed by atoms with E-state index in [-0.39, 0.29) is 0 Å². The van der Waals surface area contributed by atoms with E-state index in [1.807, 2.05) is 0 Å². The number of nitrogens with one attached hydrogen (secondary N) is 1. The number of methoxy groups -OCH3 is 1. The molecule has 0 aliphatic heterocycles. The zero-order valence-corrected chi connectivity index (χ0v) is 11.2. The first-order chi connectivity index (χ1) is 8.19. The maximum Gasteiger partial charge on any atom is 0.122 e. The lowest BCUT2D eigenvalue weighted by Gasteiger charge is -2.11. The topological polar surface area (TPSA) is 47.3 Å². The summed E-state index contributed by atoms with van der Waals surface area (Å²) in [6.45, 7) is 6.99. The van der Waals surface area contributed by atoms with Crippen molar-refractivity contribution in [2.75, 3.05) is 26.7 Å². The van der Waals surface area contributed by atoms with Crippen molar-refractivity contribution >= 4 is 0 Å². The first kappa shape index (κ1) is 14.0. The van der Waals surface area contributed by atoms with E-state index in [0.717, 1.165) is 38.2 Å². The van der Waals surface area contributed by atoms with Gasteiger partial charge in [0, 0.05) is 0 Å². The predicted molar refractivity (Wildman–Crippen MR) is 72.7 cm³/mol. The average molecular weight is 236 g/mol. The largest absolute Gasteiger partial charge is 0.496 e. The molecule has 0 bridgehead atoms. The Morgan fingerprint density at radius 1 is 1.18 bits per heavy atom. The number of hydrogen-bond donors (Lipinski definition) is 2. The molecular formula is C14H24N2O.